The first-order chi connectivity index (χ1) is 8.67. The molecule has 1 aromatic carbocycles. The van der Waals surface area contributed by atoms with Crippen LogP contribution in [0.25, 0.3) is 5.69 Å². The zero-order chi connectivity index (χ0) is 13.1. The van der Waals surface area contributed by atoms with Gasteiger partial charge < -0.3 is 5.11 Å². The summed E-state index contributed by atoms with van der Waals surface area (Å²) in [5.74, 6) is 0. The number of halogens is 1. The number of aromatic nitrogens is 2. The molecule has 0 aliphatic rings. The lowest BCUT2D eigenvalue weighted by atomic mass is 10.1. The Labute approximate surface area is 116 Å². The van der Waals surface area contributed by atoms with Crippen LogP contribution in [-0.2, 0) is 13.0 Å². The number of aliphatic hydroxyl groups is 1. The average Bonchev–Trinajstić information content (AvgIpc) is 2.73. The van der Waals surface area contributed by atoms with E-state index in [1.54, 1.807) is 6.20 Å². The van der Waals surface area contributed by atoms with Crippen LogP contribution in [0.4, 0.5) is 0 Å². The van der Waals surface area contributed by atoms with Crippen molar-refractivity contribution >= 4 is 15.9 Å². The maximum absolute atomic E-state index is 9.36. The van der Waals surface area contributed by atoms with E-state index in [9.17, 15) is 5.11 Å². The lowest BCUT2D eigenvalue weighted by Gasteiger charge is -2.11. The Balaban J connectivity index is 2.52. The molecule has 0 aliphatic heterocycles. The maximum atomic E-state index is 9.36. The molecule has 1 heterocycles. The molecule has 1 N–H and O–H groups in total. The smallest absolute Gasteiger partial charge is 0.0715 e. The monoisotopic (exact) mass is 308 g/mol. The quantitative estimate of drug-likeness (QED) is 0.940. The Hall–Kier alpha value is -1.13. The molecule has 1 aromatic heterocycles. The molecular formula is C14H17BrN2O. The molecule has 4 heteroatoms. The number of benzene rings is 1. The van der Waals surface area contributed by atoms with Crippen LogP contribution >= 0.6 is 15.9 Å². The topological polar surface area (TPSA) is 38.1 Å². The molecule has 0 atom stereocenters. The molecule has 0 fully saturated rings. The third-order valence-electron chi connectivity index (χ3n) is 3.00. The van der Waals surface area contributed by atoms with Gasteiger partial charge in [0.25, 0.3) is 0 Å². The van der Waals surface area contributed by atoms with E-state index in [0.29, 0.717) is 0 Å². The summed E-state index contributed by atoms with van der Waals surface area (Å²) in [5, 5.41) is 13.8. The molecular weight excluding hydrogens is 292 g/mol. The van der Waals surface area contributed by atoms with Crippen LogP contribution in [0, 0.1) is 6.92 Å². The van der Waals surface area contributed by atoms with Crippen molar-refractivity contribution in [1.29, 1.82) is 0 Å². The van der Waals surface area contributed by atoms with Crippen molar-refractivity contribution < 1.29 is 5.11 Å². The summed E-state index contributed by atoms with van der Waals surface area (Å²) in [6.45, 7) is 4.24. The van der Waals surface area contributed by atoms with Crippen molar-refractivity contribution in [1.82, 2.24) is 9.78 Å². The van der Waals surface area contributed by atoms with E-state index in [1.807, 2.05) is 16.8 Å². The van der Waals surface area contributed by atoms with Crippen LogP contribution in [0.3, 0.4) is 0 Å². The first kappa shape index (κ1) is 13.3. The largest absolute Gasteiger partial charge is 0.392 e. The van der Waals surface area contributed by atoms with Gasteiger partial charge in [0.15, 0.2) is 0 Å². The molecule has 0 spiro atoms. The van der Waals surface area contributed by atoms with Crippen LogP contribution in [0.2, 0.25) is 0 Å². The molecule has 18 heavy (non-hydrogen) atoms. The number of rotatable bonds is 4. The maximum Gasteiger partial charge on any atom is 0.0715 e. The number of hydrogen-bond acceptors (Lipinski definition) is 2. The van der Waals surface area contributed by atoms with Gasteiger partial charge in [0.05, 0.1) is 18.5 Å². The Morgan fingerprint density at radius 3 is 2.78 bits per heavy atom. The van der Waals surface area contributed by atoms with Gasteiger partial charge in [-0.15, -0.1) is 0 Å². The summed E-state index contributed by atoms with van der Waals surface area (Å²) >= 11 is 3.47. The van der Waals surface area contributed by atoms with Gasteiger partial charge in [-0.3, -0.25) is 0 Å². The summed E-state index contributed by atoms with van der Waals surface area (Å²) in [4.78, 5) is 0. The zero-order valence-electron chi connectivity index (χ0n) is 10.7. The van der Waals surface area contributed by atoms with Crippen molar-refractivity contribution in [2.45, 2.75) is 33.3 Å². The van der Waals surface area contributed by atoms with Gasteiger partial charge in [0.2, 0.25) is 0 Å². The van der Waals surface area contributed by atoms with E-state index in [2.05, 4.69) is 40.9 Å². The molecule has 0 bridgehead atoms. The summed E-state index contributed by atoms with van der Waals surface area (Å²) in [6, 6.07) is 6.14. The van der Waals surface area contributed by atoms with Gasteiger partial charge in [-0.1, -0.05) is 29.3 Å². The second-order valence-electron chi connectivity index (χ2n) is 4.37. The molecule has 2 aromatic rings. The SMILES string of the molecule is CCCc1c(CO)cnn1-c1ccc(Br)cc1C. The number of hydrogen-bond donors (Lipinski definition) is 1. The highest BCUT2D eigenvalue weighted by atomic mass is 79.9. The summed E-state index contributed by atoms with van der Waals surface area (Å²) in [7, 11) is 0. The molecule has 96 valence electrons. The normalized spacial score (nSPS) is 10.9. The minimum Gasteiger partial charge on any atom is -0.392 e. The van der Waals surface area contributed by atoms with Crippen LogP contribution in [-0.4, -0.2) is 14.9 Å². The van der Waals surface area contributed by atoms with Gasteiger partial charge in [-0.25, -0.2) is 4.68 Å². The first-order valence-corrected chi connectivity index (χ1v) is 6.89. The summed E-state index contributed by atoms with van der Waals surface area (Å²) in [6.07, 6.45) is 3.71. The molecule has 0 saturated carbocycles. The third kappa shape index (κ3) is 2.49. The highest BCUT2D eigenvalue weighted by Crippen LogP contribution is 2.22. The highest BCUT2D eigenvalue weighted by Gasteiger charge is 2.12. The third-order valence-corrected chi connectivity index (χ3v) is 3.49. The van der Waals surface area contributed by atoms with Gasteiger partial charge in [0.1, 0.15) is 0 Å². The predicted molar refractivity (Wildman–Crippen MR) is 75.9 cm³/mol. The Bertz CT molecular complexity index is 549. The van der Waals surface area contributed by atoms with Crippen LogP contribution in [0.1, 0.15) is 30.2 Å². The van der Waals surface area contributed by atoms with E-state index in [1.165, 1.54) is 0 Å². The fourth-order valence-electron chi connectivity index (χ4n) is 2.11. The fraction of sp³-hybridized carbons (Fsp3) is 0.357. The lowest BCUT2D eigenvalue weighted by Crippen LogP contribution is -2.05. The summed E-state index contributed by atoms with van der Waals surface area (Å²) in [5.41, 5.74) is 4.25. The van der Waals surface area contributed by atoms with Gasteiger partial charge in [0, 0.05) is 15.7 Å². The van der Waals surface area contributed by atoms with Crippen LogP contribution in [0.15, 0.2) is 28.9 Å². The van der Waals surface area contributed by atoms with E-state index in [-0.39, 0.29) is 6.61 Å². The van der Waals surface area contributed by atoms with Gasteiger partial charge in [-0.2, -0.15) is 5.10 Å². The number of nitrogens with zero attached hydrogens (tertiary/aromatic N) is 2. The first-order valence-electron chi connectivity index (χ1n) is 6.10. The molecule has 0 radical (unpaired) electrons. The predicted octanol–water partition coefficient (Wildman–Crippen LogP) is 3.39. The van der Waals surface area contributed by atoms with E-state index >= 15 is 0 Å². The Morgan fingerprint density at radius 1 is 1.39 bits per heavy atom. The van der Waals surface area contributed by atoms with Crippen molar-refractivity contribution in [3.8, 4) is 5.69 Å². The van der Waals surface area contributed by atoms with E-state index in [4.69, 9.17) is 0 Å². The Kier molecular flexibility index (Phi) is 4.19. The van der Waals surface area contributed by atoms with E-state index < -0.39 is 0 Å². The Morgan fingerprint density at radius 2 is 2.17 bits per heavy atom. The van der Waals surface area contributed by atoms with E-state index in [0.717, 1.165) is 39.8 Å². The fourth-order valence-corrected chi connectivity index (χ4v) is 2.58. The molecule has 2 rings (SSSR count). The standard InChI is InChI=1S/C14H17BrN2O/c1-3-4-14-11(9-18)8-16-17(14)13-6-5-12(15)7-10(13)2/h5-8,18H,3-4,9H2,1-2H3. The van der Waals surface area contributed by atoms with Crippen LogP contribution in [0.5, 0.6) is 0 Å². The van der Waals surface area contributed by atoms with Crippen molar-refractivity contribution in [2.75, 3.05) is 0 Å². The van der Waals surface area contributed by atoms with Crippen molar-refractivity contribution in [3.63, 3.8) is 0 Å². The second-order valence-corrected chi connectivity index (χ2v) is 5.28. The van der Waals surface area contributed by atoms with Gasteiger partial charge >= 0.3 is 0 Å². The average molecular weight is 309 g/mol. The van der Waals surface area contributed by atoms with Crippen molar-refractivity contribution in [3.05, 3.63) is 45.7 Å². The molecule has 3 nitrogen and oxygen atoms in total. The second kappa shape index (κ2) is 5.67. The molecule has 0 amide bonds. The molecule has 0 saturated heterocycles. The lowest BCUT2D eigenvalue weighted by molar-refractivity contribution is 0.280. The number of aliphatic hydroxyl groups excluding tert-OH is 1. The highest BCUT2D eigenvalue weighted by molar-refractivity contribution is 9.10. The minimum absolute atomic E-state index is 0.0465. The summed E-state index contributed by atoms with van der Waals surface area (Å²) < 4.78 is 3.01. The van der Waals surface area contributed by atoms with Crippen LogP contribution < -0.4 is 0 Å². The molecule has 0 unspecified atom stereocenters. The zero-order valence-corrected chi connectivity index (χ0v) is 12.2. The number of aryl methyl sites for hydroxylation is 1. The van der Waals surface area contributed by atoms with Crippen molar-refractivity contribution in [2.24, 2.45) is 0 Å². The molecule has 0 aliphatic carbocycles. The minimum atomic E-state index is 0.0465. The van der Waals surface area contributed by atoms with Gasteiger partial charge in [-0.05, 0) is 37.1 Å².